The molecule has 1 fully saturated rings. The largest absolute Gasteiger partial charge is 0.409 e. The Morgan fingerprint density at radius 3 is 2.90 bits per heavy atom. The van der Waals surface area contributed by atoms with Crippen molar-refractivity contribution in [1.82, 2.24) is 13.9 Å². The molecule has 1 saturated heterocycles. The first kappa shape index (κ1) is 14.8. The highest BCUT2D eigenvalue weighted by Crippen LogP contribution is 2.25. The summed E-state index contributed by atoms with van der Waals surface area (Å²) in [5.74, 6) is 0.559. The van der Waals surface area contributed by atoms with Crippen LogP contribution in [0.15, 0.2) is 16.4 Å². The van der Waals surface area contributed by atoms with Gasteiger partial charge >= 0.3 is 0 Å². The molecule has 1 unspecified atom stereocenters. The van der Waals surface area contributed by atoms with Crippen LogP contribution in [-0.2, 0) is 16.6 Å². The Morgan fingerprint density at radius 1 is 1.65 bits per heavy atom. The molecule has 9 heteroatoms. The maximum atomic E-state index is 12.6. The third-order valence-electron chi connectivity index (χ3n) is 3.53. The fourth-order valence-electron chi connectivity index (χ4n) is 2.43. The Bertz CT molecular complexity index is 622. The Morgan fingerprint density at radius 2 is 2.35 bits per heavy atom. The van der Waals surface area contributed by atoms with Crippen LogP contribution in [0.5, 0.6) is 0 Å². The monoisotopic (exact) mass is 301 g/mol. The van der Waals surface area contributed by atoms with Crippen LogP contribution in [0.1, 0.15) is 25.6 Å². The summed E-state index contributed by atoms with van der Waals surface area (Å²) < 4.78 is 28.2. The van der Waals surface area contributed by atoms with Crippen LogP contribution in [0.4, 0.5) is 0 Å². The van der Waals surface area contributed by atoms with Crippen molar-refractivity contribution in [3.8, 4) is 0 Å². The number of hydrogen-bond acceptors (Lipinski definition) is 5. The van der Waals surface area contributed by atoms with E-state index in [-0.39, 0.29) is 10.9 Å². The minimum atomic E-state index is -3.73. The van der Waals surface area contributed by atoms with E-state index in [1.807, 2.05) is 6.92 Å². The highest BCUT2D eigenvalue weighted by atomic mass is 32.2. The molecule has 2 rings (SSSR count). The molecule has 1 aliphatic rings. The molecule has 0 spiro atoms. The number of aromatic nitrogens is 2. The summed E-state index contributed by atoms with van der Waals surface area (Å²) in [6, 6.07) is -0.600. The Kier molecular flexibility index (Phi) is 4.00. The van der Waals surface area contributed by atoms with Crippen molar-refractivity contribution >= 4 is 15.9 Å². The number of amidine groups is 1. The molecule has 1 aliphatic heterocycles. The van der Waals surface area contributed by atoms with E-state index in [0.29, 0.717) is 31.8 Å². The van der Waals surface area contributed by atoms with E-state index < -0.39 is 16.1 Å². The lowest BCUT2D eigenvalue weighted by atomic mass is 10.2. The predicted molar refractivity (Wildman–Crippen MR) is 73.0 cm³/mol. The molecule has 1 aromatic heterocycles. The number of aryl methyl sites for hydroxylation is 2. The van der Waals surface area contributed by atoms with Crippen molar-refractivity contribution in [3.63, 3.8) is 0 Å². The second-order valence-corrected chi connectivity index (χ2v) is 6.55. The van der Waals surface area contributed by atoms with Gasteiger partial charge in [0.2, 0.25) is 0 Å². The average Bonchev–Trinajstić information content (AvgIpc) is 3.04. The minimum Gasteiger partial charge on any atom is -0.409 e. The van der Waals surface area contributed by atoms with Gasteiger partial charge in [-0.2, -0.15) is 4.31 Å². The van der Waals surface area contributed by atoms with Gasteiger partial charge in [0.05, 0.1) is 6.04 Å². The van der Waals surface area contributed by atoms with E-state index in [4.69, 9.17) is 10.9 Å². The first-order chi connectivity index (χ1) is 9.41. The van der Waals surface area contributed by atoms with E-state index in [0.717, 1.165) is 0 Å². The van der Waals surface area contributed by atoms with Gasteiger partial charge in [0.15, 0.2) is 10.9 Å². The topological polar surface area (TPSA) is 114 Å². The third kappa shape index (κ3) is 2.38. The second-order valence-electron chi connectivity index (χ2n) is 4.71. The number of hydrogen-bond donors (Lipinski definition) is 2. The van der Waals surface area contributed by atoms with Gasteiger partial charge in [-0.1, -0.05) is 5.16 Å². The standard InChI is InChI=1S/C11H19N5O3S/c1-3-15-7-10(13-8(15)2)20(18,19)16-6-4-5-9(16)11(12)14-17/h7,9,17H,3-6H2,1-2H3,(H2,12,14). The third-order valence-corrected chi connectivity index (χ3v) is 5.31. The summed E-state index contributed by atoms with van der Waals surface area (Å²) in [5.41, 5.74) is 5.57. The molecular weight excluding hydrogens is 282 g/mol. The summed E-state index contributed by atoms with van der Waals surface area (Å²) >= 11 is 0. The van der Waals surface area contributed by atoms with Crippen molar-refractivity contribution in [1.29, 1.82) is 0 Å². The highest BCUT2D eigenvalue weighted by Gasteiger charge is 2.39. The molecule has 20 heavy (non-hydrogen) atoms. The number of nitrogens with zero attached hydrogens (tertiary/aromatic N) is 4. The Hall–Kier alpha value is -1.61. The quantitative estimate of drug-likeness (QED) is 0.354. The van der Waals surface area contributed by atoms with Crippen molar-refractivity contribution < 1.29 is 13.6 Å². The molecular formula is C11H19N5O3S. The maximum Gasteiger partial charge on any atom is 0.262 e. The smallest absolute Gasteiger partial charge is 0.262 e. The molecule has 0 amide bonds. The van der Waals surface area contributed by atoms with Crippen molar-refractivity contribution in [2.24, 2.45) is 10.9 Å². The fraction of sp³-hybridized carbons (Fsp3) is 0.636. The fourth-order valence-corrected chi connectivity index (χ4v) is 4.10. The molecule has 3 N–H and O–H groups in total. The zero-order chi connectivity index (χ0) is 14.9. The molecule has 1 atom stereocenters. The van der Waals surface area contributed by atoms with Crippen LogP contribution < -0.4 is 5.73 Å². The van der Waals surface area contributed by atoms with Crippen LogP contribution in [0, 0.1) is 6.92 Å². The van der Waals surface area contributed by atoms with Gasteiger partial charge in [0, 0.05) is 19.3 Å². The van der Waals surface area contributed by atoms with E-state index in [1.165, 1.54) is 10.5 Å². The SMILES string of the molecule is CCn1cc(S(=O)(=O)N2CCCC2C(N)=NO)nc1C. The first-order valence-corrected chi connectivity index (χ1v) is 7.88. The normalized spacial score (nSPS) is 21.5. The van der Waals surface area contributed by atoms with Gasteiger partial charge in [-0.25, -0.2) is 13.4 Å². The summed E-state index contributed by atoms with van der Waals surface area (Å²) in [5, 5.41) is 11.7. The lowest BCUT2D eigenvalue weighted by Gasteiger charge is -2.21. The maximum absolute atomic E-state index is 12.6. The summed E-state index contributed by atoms with van der Waals surface area (Å²) in [6.45, 7) is 4.67. The summed E-state index contributed by atoms with van der Waals surface area (Å²) in [4.78, 5) is 4.11. The minimum absolute atomic E-state index is 0.00879. The van der Waals surface area contributed by atoms with Crippen LogP contribution in [0.25, 0.3) is 0 Å². The number of sulfonamides is 1. The zero-order valence-corrected chi connectivity index (χ0v) is 12.3. The van der Waals surface area contributed by atoms with E-state index in [9.17, 15) is 8.42 Å². The van der Waals surface area contributed by atoms with Crippen molar-refractivity contribution in [2.75, 3.05) is 6.54 Å². The van der Waals surface area contributed by atoms with E-state index >= 15 is 0 Å². The molecule has 0 radical (unpaired) electrons. The summed E-state index contributed by atoms with van der Waals surface area (Å²) in [6.07, 6.45) is 2.74. The molecule has 2 heterocycles. The highest BCUT2D eigenvalue weighted by molar-refractivity contribution is 7.89. The molecule has 112 valence electrons. The summed E-state index contributed by atoms with van der Waals surface area (Å²) in [7, 11) is -3.73. The van der Waals surface area contributed by atoms with Crippen molar-refractivity contribution in [3.05, 3.63) is 12.0 Å². The molecule has 8 nitrogen and oxygen atoms in total. The van der Waals surface area contributed by atoms with Crippen LogP contribution in [0.3, 0.4) is 0 Å². The number of oxime groups is 1. The lowest BCUT2D eigenvalue weighted by Crippen LogP contribution is -2.43. The Labute approximate surface area is 117 Å². The van der Waals surface area contributed by atoms with Gasteiger partial charge in [0.25, 0.3) is 10.0 Å². The number of imidazole rings is 1. The van der Waals surface area contributed by atoms with Gasteiger partial charge < -0.3 is 15.5 Å². The number of nitrogens with two attached hydrogens (primary N) is 1. The predicted octanol–water partition coefficient (Wildman–Crippen LogP) is 0.111. The number of rotatable bonds is 4. The van der Waals surface area contributed by atoms with Crippen molar-refractivity contribution in [2.45, 2.75) is 44.3 Å². The molecule has 0 aliphatic carbocycles. The molecule has 0 aromatic carbocycles. The Balaban J connectivity index is 2.38. The molecule has 0 bridgehead atoms. The zero-order valence-electron chi connectivity index (χ0n) is 11.5. The first-order valence-electron chi connectivity index (χ1n) is 6.44. The van der Waals surface area contributed by atoms with Gasteiger partial charge in [-0.05, 0) is 26.7 Å². The van der Waals surface area contributed by atoms with Crippen LogP contribution in [0.2, 0.25) is 0 Å². The average molecular weight is 301 g/mol. The van der Waals surface area contributed by atoms with Gasteiger partial charge in [0.1, 0.15) is 5.82 Å². The van der Waals surface area contributed by atoms with Crippen LogP contribution >= 0.6 is 0 Å². The van der Waals surface area contributed by atoms with Gasteiger partial charge in [-0.3, -0.25) is 0 Å². The van der Waals surface area contributed by atoms with Gasteiger partial charge in [-0.15, -0.1) is 0 Å². The second kappa shape index (κ2) is 5.41. The lowest BCUT2D eigenvalue weighted by molar-refractivity contribution is 0.311. The molecule has 1 aromatic rings. The van der Waals surface area contributed by atoms with E-state index in [2.05, 4.69) is 10.1 Å². The molecule has 0 saturated carbocycles. The van der Waals surface area contributed by atoms with E-state index in [1.54, 1.807) is 11.5 Å². The van der Waals surface area contributed by atoms with Crippen LogP contribution in [-0.4, -0.2) is 45.9 Å².